The Kier molecular flexibility index (Phi) is 4.27. The number of Topliss-reactive ketones (excluding diaryl/α,β-unsaturated/α-hetero) is 1. The summed E-state index contributed by atoms with van der Waals surface area (Å²) in [5.41, 5.74) is -0.00224. The summed E-state index contributed by atoms with van der Waals surface area (Å²) in [6.07, 6.45) is 0. The maximum Gasteiger partial charge on any atom is 0.176 e. The third kappa shape index (κ3) is 3.38. The summed E-state index contributed by atoms with van der Waals surface area (Å²) in [6.45, 7) is 0. The molecule has 0 saturated carbocycles. The Bertz CT molecular complexity index is 613. The van der Waals surface area contributed by atoms with Crippen molar-refractivity contribution >= 4 is 17.5 Å². The minimum absolute atomic E-state index is 0.00224. The number of thioether (sulfide) groups is 1. The Labute approximate surface area is 112 Å². The quantitative estimate of drug-likeness (QED) is 0.621. The average molecular weight is 282 g/mol. The molecule has 0 saturated heterocycles. The summed E-state index contributed by atoms with van der Waals surface area (Å²) in [6, 6.07) is 9.03. The molecular formula is C14H9F3OS. The lowest BCUT2D eigenvalue weighted by Gasteiger charge is -2.03. The molecule has 0 N–H and O–H groups in total. The predicted molar refractivity (Wildman–Crippen MR) is 67.8 cm³/mol. The van der Waals surface area contributed by atoms with Crippen molar-refractivity contribution < 1.29 is 18.0 Å². The van der Waals surface area contributed by atoms with Gasteiger partial charge in [-0.15, -0.1) is 11.8 Å². The van der Waals surface area contributed by atoms with Crippen LogP contribution in [0, 0.1) is 17.5 Å². The first-order valence-electron chi connectivity index (χ1n) is 5.43. The number of benzene rings is 2. The van der Waals surface area contributed by atoms with Gasteiger partial charge >= 0.3 is 0 Å². The standard InChI is InChI=1S/C14H9F3OS/c15-11-4-2-1-3-10(11)14(18)8-19-9-5-6-12(16)13(17)7-9/h1-7H,8H2. The van der Waals surface area contributed by atoms with Crippen molar-refractivity contribution in [2.45, 2.75) is 4.90 Å². The molecule has 0 fully saturated rings. The lowest BCUT2D eigenvalue weighted by Crippen LogP contribution is -2.05. The van der Waals surface area contributed by atoms with Crippen LogP contribution in [-0.2, 0) is 0 Å². The van der Waals surface area contributed by atoms with Crippen molar-refractivity contribution in [3.63, 3.8) is 0 Å². The highest BCUT2D eigenvalue weighted by molar-refractivity contribution is 8.00. The maximum absolute atomic E-state index is 13.3. The Balaban J connectivity index is 2.04. The molecule has 2 rings (SSSR count). The molecule has 0 aliphatic heterocycles. The summed E-state index contributed by atoms with van der Waals surface area (Å²) < 4.78 is 39.0. The smallest absolute Gasteiger partial charge is 0.176 e. The molecule has 0 unspecified atom stereocenters. The van der Waals surface area contributed by atoms with Gasteiger partial charge in [-0.1, -0.05) is 12.1 Å². The first kappa shape index (κ1) is 13.7. The van der Waals surface area contributed by atoms with Crippen molar-refractivity contribution in [1.29, 1.82) is 0 Å². The molecule has 0 heterocycles. The van der Waals surface area contributed by atoms with Crippen molar-refractivity contribution in [3.05, 3.63) is 65.5 Å². The van der Waals surface area contributed by atoms with Gasteiger partial charge in [-0.2, -0.15) is 0 Å². The average Bonchev–Trinajstić information content (AvgIpc) is 2.40. The highest BCUT2D eigenvalue weighted by atomic mass is 32.2. The zero-order chi connectivity index (χ0) is 13.8. The summed E-state index contributed by atoms with van der Waals surface area (Å²) in [4.78, 5) is 12.2. The van der Waals surface area contributed by atoms with E-state index < -0.39 is 23.2 Å². The molecule has 0 spiro atoms. The third-order valence-electron chi connectivity index (χ3n) is 2.44. The Morgan fingerprint density at radius 3 is 2.37 bits per heavy atom. The van der Waals surface area contributed by atoms with E-state index in [2.05, 4.69) is 0 Å². The number of halogens is 3. The minimum Gasteiger partial charge on any atom is -0.293 e. The Hall–Kier alpha value is -1.75. The number of ketones is 1. The lowest BCUT2D eigenvalue weighted by atomic mass is 10.1. The number of hydrogen-bond donors (Lipinski definition) is 0. The number of carbonyl (C=O) groups excluding carboxylic acids is 1. The van der Waals surface area contributed by atoms with Crippen molar-refractivity contribution in [2.24, 2.45) is 0 Å². The molecule has 1 nitrogen and oxygen atoms in total. The normalized spacial score (nSPS) is 10.5. The third-order valence-corrected chi connectivity index (χ3v) is 3.43. The second-order valence-corrected chi connectivity index (χ2v) is 4.82. The predicted octanol–water partition coefficient (Wildman–Crippen LogP) is 4.08. The summed E-state index contributed by atoms with van der Waals surface area (Å²) >= 11 is 1.03. The van der Waals surface area contributed by atoms with Crippen LogP contribution in [-0.4, -0.2) is 11.5 Å². The summed E-state index contributed by atoms with van der Waals surface area (Å²) in [5, 5.41) is 0. The highest BCUT2D eigenvalue weighted by Crippen LogP contribution is 2.22. The molecule has 2 aromatic rings. The molecule has 19 heavy (non-hydrogen) atoms. The molecule has 0 atom stereocenters. The van der Waals surface area contributed by atoms with Crippen LogP contribution in [0.25, 0.3) is 0 Å². The van der Waals surface area contributed by atoms with Gasteiger partial charge in [0, 0.05) is 4.90 Å². The lowest BCUT2D eigenvalue weighted by molar-refractivity contribution is 0.101. The van der Waals surface area contributed by atoms with E-state index in [-0.39, 0.29) is 11.3 Å². The van der Waals surface area contributed by atoms with Crippen LogP contribution in [0.4, 0.5) is 13.2 Å². The minimum atomic E-state index is -0.969. The SMILES string of the molecule is O=C(CSc1ccc(F)c(F)c1)c1ccccc1F. The van der Waals surface area contributed by atoms with Crippen LogP contribution in [0.5, 0.6) is 0 Å². The molecule has 0 aromatic heterocycles. The van der Waals surface area contributed by atoms with E-state index in [0.717, 1.165) is 23.9 Å². The molecule has 0 aliphatic rings. The second kappa shape index (κ2) is 5.93. The van der Waals surface area contributed by atoms with Crippen molar-refractivity contribution in [1.82, 2.24) is 0 Å². The van der Waals surface area contributed by atoms with Gasteiger partial charge in [0.2, 0.25) is 0 Å². The molecular weight excluding hydrogens is 273 g/mol. The van der Waals surface area contributed by atoms with Crippen LogP contribution in [0.1, 0.15) is 10.4 Å². The van der Waals surface area contributed by atoms with E-state index in [0.29, 0.717) is 4.90 Å². The van der Waals surface area contributed by atoms with Crippen LogP contribution in [0.3, 0.4) is 0 Å². The first-order chi connectivity index (χ1) is 9.08. The molecule has 0 amide bonds. The summed E-state index contributed by atoms with van der Waals surface area (Å²) in [7, 11) is 0. The van der Waals surface area contributed by atoms with Gasteiger partial charge in [0.1, 0.15) is 5.82 Å². The van der Waals surface area contributed by atoms with Crippen LogP contribution in [0.15, 0.2) is 47.4 Å². The maximum atomic E-state index is 13.3. The van der Waals surface area contributed by atoms with E-state index in [1.807, 2.05) is 0 Å². The molecule has 5 heteroatoms. The highest BCUT2D eigenvalue weighted by Gasteiger charge is 2.12. The Morgan fingerprint density at radius 1 is 0.947 bits per heavy atom. The largest absolute Gasteiger partial charge is 0.293 e. The summed E-state index contributed by atoms with van der Waals surface area (Å²) in [5.74, 6) is -2.93. The fraction of sp³-hybridized carbons (Fsp3) is 0.0714. The van der Waals surface area contributed by atoms with Crippen LogP contribution < -0.4 is 0 Å². The Morgan fingerprint density at radius 2 is 1.68 bits per heavy atom. The van der Waals surface area contributed by atoms with E-state index in [9.17, 15) is 18.0 Å². The van der Waals surface area contributed by atoms with E-state index in [4.69, 9.17) is 0 Å². The van der Waals surface area contributed by atoms with Crippen LogP contribution >= 0.6 is 11.8 Å². The topological polar surface area (TPSA) is 17.1 Å². The van der Waals surface area contributed by atoms with Gasteiger partial charge in [0.25, 0.3) is 0 Å². The van der Waals surface area contributed by atoms with Gasteiger partial charge < -0.3 is 0 Å². The number of rotatable bonds is 4. The fourth-order valence-corrected chi connectivity index (χ4v) is 2.28. The molecule has 0 bridgehead atoms. The van der Waals surface area contributed by atoms with Gasteiger partial charge in [-0.05, 0) is 30.3 Å². The molecule has 0 aliphatic carbocycles. The molecule has 98 valence electrons. The van der Waals surface area contributed by atoms with Gasteiger partial charge in [-0.25, -0.2) is 13.2 Å². The number of carbonyl (C=O) groups is 1. The second-order valence-electron chi connectivity index (χ2n) is 3.77. The monoisotopic (exact) mass is 282 g/mol. The first-order valence-corrected chi connectivity index (χ1v) is 6.42. The van der Waals surface area contributed by atoms with E-state index in [1.54, 1.807) is 6.07 Å². The van der Waals surface area contributed by atoms with E-state index in [1.165, 1.54) is 24.3 Å². The van der Waals surface area contributed by atoms with Crippen molar-refractivity contribution in [2.75, 3.05) is 5.75 Å². The van der Waals surface area contributed by atoms with Crippen LogP contribution in [0.2, 0.25) is 0 Å². The van der Waals surface area contributed by atoms with E-state index >= 15 is 0 Å². The van der Waals surface area contributed by atoms with Gasteiger partial charge in [0.05, 0.1) is 11.3 Å². The fourth-order valence-electron chi connectivity index (χ4n) is 1.48. The molecule has 0 radical (unpaired) electrons. The molecule has 2 aromatic carbocycles. The van der Waals surface area contributed by atoms with Crippen molar-refractivity contribution in [3.8, 4) is 0 Å². The van der Waals surface area contributed by atoms with Gasteiger partial charge in [-0.3, -0.25) is 4.79 Å². The number of hydrogen-bond acceptors (Lipinski definition) is 2. The zero-order valence-electron chi connectivity index (χ0n) is 9.70. The van der Waals surface area contributed by atoms with Gasteiger partial charge in [0.15, 0.2) is 17.4 Å². The zero-order valence-corrected chi connectivity index (χ0v) is 10.5.